The van der Waals surface area contributed by atoms with Crippen LogP contribution in [-0.4, -0.2) is 36.2 Å². The molecule has 1 aromatic rings. The zero-order valence-electron chi connectivity index (χ0n) is 17.0. The predicted octanol–water partition coefficient (Wildman–Crippen LogP) is 4.24. The van der Waals surface area contributed by atoms with Crippen LogP contribution in [0.25, 0.3) is 0 Å². The van der Waals surface area contributed by atoms with Gasteiger partial charge < -0.3 is 15.0 Å². The molecule has 0 aromatic carbocycles. The van der Waals surface area contributed by atoms with Crippen LogP contribution in [0.15, 0.2) is 18.3 Å². The zero-order chi connectivity index (χ0) is 19.1. The molecule has 2 saturated carbocycles. The van der Waals surface area contributed by atoms with Crippen molar-refractivity contribution in [3.63, 3.8) is 0 Å². The van der Waals surface area contributed by atoms with Crippen molar-refractivity contribution >= 4 is 17.4 Å². The molecule has 2 aliphatic carbocycles. The van der Waals surface area contributed by atoms with Gasteiger partial charge in [0.2, 0.25) is 5.91 Å². The maximum absolute atomic E-state index is 12.7. The highest BCUT2D eigenvalue weighted by atomic mass is 16.5. The van der Waals surface area contributed by atoms with Crippen molar-refractivity contribution in [3.05, 3.63) is 18.3 Å². The molecule has 3 aliphatic rings. The van der Waals surface area contributed by atoms with E-state index in [4.69, 9.17) is 4.74 Å². The molecular formula is C22H33N3O2. The molecule has 1 aliphatic heterocycles. The number of anilines is 2. The maximum Gasteiger partial charge on any atom is 0.224 e. The van der Waals surface area contributed by atoms with Crippen LogP contribution in [0, 0.1) is 17.3 Å². The fourth-order valence-corrected chi connectivity index (χ4v) is 4.71. The molecule has 1 unspecified atom stereocenters. The van der Waals surface area contributed by atoms with Crippen LogP contribution in [0.3, 0.4) is 0 Å². The lowest BCUT2D eigenvalue weighted by Gasteiger charge is -2.43. The van der Waals surface area contributed by atoms with Crippen LogP contribution in [0.2, 0.25) is 0 Å². The molecule has 1 aromatic heterocycles. The molecule has 0 bridgehead atoms. The van der Waals surface area contributed by atoms with E-state index < -0.39 is 0 Å². The van der Waals surface area contributed by atoms with Crippen LogP contribution in [0.1, 0.15) is 59.3 Å². The molecule has 1 atom stereocenters. The van der Waals surface area contributed by atoms with Crippen molar-refractivity contribution in [1.82, 2.24) is 4.98 Å². The van der Waals surface area contributed by atoms with Gasteiger partial charge in [0.15, 0.2) is 0 Å². The first-order valence-corrected chi connectivity index (χ1v) is 10.5. The average molecular weight is 372 g/mol. The van der Waals surface area contributed by atoms with Crippen molar-refractivity contribution in [3.8, 4) is 0 Å². The SMILES string of the molecule is CC1(C(CC(=O)Nc2ccc(N3CCOCC3(C)C)nc2)C2CCC2)CC1. The van der Waals surface area contributed by atoms with Crippen molar-refractivity contribution in [2.75, 3.05) is 30.0 Å². The number of morpholine rings is 1. The van der Waals surface area contributed by atoms with Gasteiger partial charge in [-0.15, -0.1) is 0 Å². The number of nitrogens with zero attached hydrogens (tertiary/aromatic N) is 2. The highest BCUT2D eigenvalue weighted by Gasteiger charge is 2.49. The van der Waals surface area contributed by atoms with E-state index in [0.29, 0.717) is 24.4 Å². The van der Waals surface area contributed by atoms with Gasteiger partial charge in [0.05, 0.1) is 30.6 Å². The summed E-state index contributed by atoms with van der Waals surface area (Å²) in [7, 11) is 0. The minimum Gasteiger partial charge on any atom is -0.377 e. The minimum absolute atomic E-state index is 0.0638. The molecule has 1 N–H and O–H groups in total. The van der Waals surface area contributed by atoms with Crippen molar-refractivity contribution < 1.29 is 9.53 Å². The summed E-state index contributed by atoms with van der Waals surface area (Å²) >= 11 is 0. The first kappa shape index (κ1) is 18.7. The second kappa shape index (κ2) is 7.08. The number of carbonyl (C=O) groups is 1. The molecule has 27 heavy (non-hydrogen) atoms. The molecule has 1 saturated heterocycles. The Morgan fingerprint density at radius 2 is 2.11 bits per heavy atom. The fraction of sp³-hybridized carbons (Fsp3) is 0.727. The Bertz CT molecular complexity index is 677. The van der Waals surface area contributed by atoms with Crippen LogP contribution in [0.5, 0.6) is 0 Å². The number of pyridine rings is 1. The Kier molecular flexibility index (Phi) is 4.91. The lowest BCUT2D eigenvalue weighted by molar-refractivity contribution is -0.118. The Labute approximate surface area is 162 Å². The smallest absolute Gasteiger partial charge is 0.224 e. The minimum atomic E-state index is -0.0638. The third kappa shape index (κ3) is 3.98. The monoisotopic (exact) mass is 371 g/mol. The van der Waals surface area contributed by atoms with Crippen LogP contribution in [-0.2, 0) is 9.53 Å². The van der Waals surface area contributed by atoms with Gasteiger partial charge in [0.25, 0.3) is 0 Å². The van der Waals surface area contributed by atoms with Crippen LogP contribution >= 0.6 is 0 Å². The molecular weight excluding hydrogens is 338 g/mol. The molecule has 1 amide bonds. The molecule has 0 radical (unpaired) electrons. The number of hydrogen-bond donors (Lipinski definition) is 1. The molecule has 3 fully saturated rings. The summed E-state index contributed by atoms with van der Waals surface area (Å²) in [4.78, 5) is 19.6. The number of nitrogens with one attached hydrogen (secondary N) is 1. The molecule has 0 spiro atoms. The fourth-order valence-electron chi connectivity index (χ4n) is 4.71. The van der Waals surface area contributed by atoms with Crippen molar-refractivity contribution in [2.45, 2.75) is 64.8 Å². The Morgan fingerprint density at radius 1 is 1.33 bits per heavy atom. The topological polar surface area (TPSA) is 54.5 Å². The first-order chi connectivity index (χ1) is 12.9. The van der Waals surface area contributed by atoms with E-state index >= 15 is 0 Å². The van der Waals surface area contributed by atoms with E-state index in [1.165, 1.54) is 32.1 Å². The van der Waals surface area contributed by atoms with Gasteiger partial charge in [-0.25, -0.2) is 4.98 Å². The predicted molar refractivity (Wildman–Crippen MR) is 108 cm³/mol. The number of hydrogen-bond acceptors (Lipinski definition) is 4. The third-order valence-electron chi connectivity index (χ3n) is 7.01. The van der Waals surface area contributed by atoms with Gasteiger partial charge in [-0.05, 0) is 56.1 Å². The van der Waals surface area contributed by atoms with Gasteiger partial charge in [-0.2, -0.15) is 0 Å². The maximum atomic E-state index is 12.7. The van der Waals surface area contributed by atoms with E-state index in [-0.39, 0.29) is 11.4 Å². The van der Waals surface area contributed by atoms with E-state index in [9.17, 15) is 4.79 Å². The number of rotatable bonds is 6. The number of ether oxygens (including phenoxy) is 1. The van der Waals surface area contributed by atoms with Gasteiger partial charge in [-0.3, -0.25) is 4.79 Å². The summed E-state index contributed by atoms with van der Waals surface area (Å²) in [5.74, 6) is 2.39. The van der Waals surface area contributed by atoms with Crippen LogP contribution in [0.4, 0.5) is 11.5 Å². The third-order valence-corrected chi connectivity index (χ3v) is 7.01. The highest BCUT2D eigenvalue weighted by Crippen LogP contribution is 2.58. The Morgan fingerprint density at radius 3 is 2.67 bits per heavy atom. The van der Waals surface area contributed by atoms with E-state index in [1.807, 2.05) is 12.1 Å². The summed E-state index contributed by atoms with van der Waals surface area (Å²) in [6.07, 6.45) is 8.95. The van der Waals surface area contributed by atoms with E-state index in [0.717, 1.165) is 30.6 Å². The number of aromatic nitrogens is 1. The Balaban J connectivity index is 1.37. The summed E-state index contributed by atoms with van der Waals surface area (Å²) in [6, 6.07) is 3.98. The first-order valence-electron chi connectivity index (χ1n) is 10.5. The Hall–Kier alpha value is -1.62. The molecule has 5 heteroatoms. The van der Waals surface area contributed by atoms with Gasteiger partial charge in [-0.1, -0.05) is 26.2 Å². The lowest BCUT2D eigenvalue weighted by Crippen LogP contribution is -2.53. The molecule has 148 valence electrons. The number of carbonyl (C=O) groups excluding carboxylic acids is 1. The lowest BCUT2D eigenvalue weighted by atomic mass is 9.68. The summed E-state index contributed by atoms with van der Waals surface area (Å²) in [6.45, 7) is 8.97. The zero-order valence-corrected chi connectivity index (χ0v) is 17.0. The van der Waals surface area contributed by atoms with Crippen LogP contribution < -0.4 is 10.2 Å². The normalized spacial score (nSPS) is 24.8. The van der Waals surface area contributed by atoms with Gasteiger partial charge in [0.1, 0.15) is 5.82 Å². The highest BCUT2D eigenvalue weighted by molar-refractivity contribution is 5.90. The van der Waals surface area contributed by atoms with Gasteiger partial charge >= 0.3 is 0 Å². The summed E-state index contributed by atoms with van der Waals surface area (Å²) < 4.78 is 5.59. The second-order valence-electron chi connectivity index (χ2n) is 9.63. The standard InChI is InChI=1S/C22H33N3O2/c1-21(2)15-27-12-11-25(21)19-8-7-17(14-23-19)24-20(26)13-18(16-5-4-6-16)22(3)9-10-22/h7-8,14,16,18H,4-6,9-13,15H2,1-3H3,(H,24,26). The second-order valence-corrected chi connectivity index (χ2v) is 9.63. The van der Waals surface area contributed by atoms with E-state index in [2.05, 4.69) is 36.0 Å². The molecule has 2 heterocycles. The summed E-state index contributed by atoms with van der Waals surface area (Å²) in [5, 5.41) is 3.08. The summed E-state index contributed by atoms with van der Waals surface area (Å²) in [5.41, 5.74) is 1.14. The van der Waals surface area contributed by atoms with Gasteiger partial charge in [0, 0.05) is 13.0 Å². The van der Waals surface area contributed by atoms with Crippen molar-refractivity contribution in [2.24, 2.45) is 17.3 Å². The molecule has 5 nitrogen and oxygen atoms in total. The largest absolute Gasteiger partial charge is 0.377 e. The average Bonchev–Trinajstić information content (AvgIpc) is 3.32. The molecule has 4 rings (SSSR count). The number of amides is 1. The van der Waals surface area contributed by atoms with E-state index in [1.54, 1.807) is 6.20 Å². The van der Waals surface area contributed by atoms with Crippen molar-refractivity contribution in [1.29, 1.82) is 0 Å². The quantitative estimate of drug-likeness (QED) is 0.812.